The molecule has 0 amide bonds. The van der Waals surface area contributed by atoms with Crippen molar-refractivity contribution in [3.05, 3.63) is 64.7 Å². The van der Waals surface area contributed by atoms with E-state index in [0.29, 0.717) is 5.56 Å². The summed E-state index contributed by atoms with van der Waals surface area (Å²) in [5, 5.41) is 0. The van der Waals surface area contributed by atoms with E-state index in [1.54, 1.807) is 30.3 Å². The molecule has 2 rings (SSSR count). The zero-order valence-electron chi connectivity index (χ0n) is 12.6. The molecule has 0 spiro atoms. The first kappa shape index (κ1) is 18.8. The van der Waals surface area contributed by atoms with Gasteiger partial charge in [-0.05, 0) is 17.7 Å². The smallest absolute Gasteiger partial charge is 0.417 e. The summed E-state index contributed by atoms with van der Waals surface area (Å²) in [6.45, 7) is -0.205. The van der Waals surface area contributed by atoms with Crippen molar-refractivity contribution < 1.29 is 35.9 Å². The maximum Gasteiger partial charge on any atom is 0.417 e. The molecule has 0 aliphatic carbocycles. The lowest BCUT2D eigenvalue weighted by atomic mass is 9.97. The van der Waals surface area contributed by atoms with Gasteiger partial charge in [0.1, 0.15) is 12.4 Å². The van der Waals surface area contributed by atoms with E-state index in [2.05, 4.69) is 0 Å². The molecule has 0 bridgehead atoms. The normalized spacial score (nSPS) is 12.1. The highest BCUT2D eigenvalue weighted by Crippen LogP contribution is 2.41. The number of rotatable bonds is 5. The minimum absolute atomic E-state index is 0.121. The summed E-state index contributed by atoms with van der Waals surface area (Å²) >= 11 is 0. The second-order valence-corrected chi connectivity index (χ2v) is 5.19. The lowest BCUT2D eigenvalue weighted by Gasteiger charge is -2.20. The van der Waals surface area contributed by atoms with Crippen LogP contribution in [0, 0.1) is 0 Å². The molecule has 0 fully saturated rings. The molecule has 0 aromatic heterocycles. The molecule has 8 heteroatoms. The number of carbonyl (C=O) groups is 1. The first-order valence-corrected chi connectivity index (χ1v) is 7.03. The summed E-state index contributed by atoms with van der Waals surface area (Å²) in [5.41, 5.74) is -3.00. The van der Waals surface area contributed by atoms with E-state index in [4.69, 9.17) is 4.74 Å². The van der Waals surface area contributed by atoms with Crippen LogP contribution in [0.25, 0.3) is 0 Å². The third-order valence-electron chi connectivity index (χ3n) is 3.33. The lowest BCUT2D eigenvalue weighted by Crippen LogP contribution is -2.20. The minimum Gasteiger partial charge on any atom is -0.489 e. The van der Waals surface area contributed by atoms with Gasteiger partial charge in [-0.3, -0.25) is 4.79 Å². The number of ether oxygens (including phenoxy) is 1. The summed E-state index contributed by atoms with van der Waals surface area (Å²) in [4.78, 5) is 10.9. The van der Waals surface area contributed by atoms with Crippen LogP contribution < -0.4 is 4.74 Å². The quantitative estimate of drug-likeness (QED) is 0.540. The number of hydrogen-bond acceptors (Lipinski definition) is 2. The number of halogens is 6. The van der Waals surface area contributed by atoms with Gasteiger partial charge in [0.25, 0.3) is 0 Å². The Morgan fingerprint density at radius 3 is 2.08 bits per heavy atom. The van der Waals surface area contributed by atoms with Crippen LogP contribution in [0.1, 0.15) is 27.0 Å². The Balaban J connectivity index is 2.49. The first-order valence-electron chi connectivity index (χ1n) is 7.03. The van der Waals surface area contributed by atoms with Crippen LogP contribution >= 0.6 is 0 Å². The Morgan fingerprint density at radius 2 is 1.56 bits per heavy atom. The fourth-order valence-corrected chi connectivity index (χ4v) is 2.33. The summed E-state index contributed by atoms with van der Waals surface area (Å²) < 4.78 is 83.2. The molecule has 0 aliphatic heterocycles. The van der Waals surface area contributed by atoms with Crippen molar-refractivity contribution in [2.75, 3.05) is 0 Å². The van der Waals surface area contributed by atoms with Gasteiger partial charge in [-0.15, -0.1) is 0 Å². The summed E-state index contributed by atoms with van der Waals surface area (Å²) in [6, 6.07) is 10.0. The van der Waals surface area contributed by atoms with Crippen molar-refractivity contribution >= 4 is 6.29 Å². The van der Waals surface area contributed by atoms with Crippen LogP contribution in [-0.2, 0) is 19.2 Å². The van der Waals surface area contributed by atoms with Crippen LogP contribution in [0.15, 0.2) is 42.5 Å². The number of carbonyl (C=O) groups excluding carboxylic acids is 1. The third kappa shape index (κ3) is 4.98. The van der Waals surface area contributed by atoms with Crippen LogP contribution in [0.2, 0.25) is 0 Å². The van der Waals surface area contributed by atoms with Crippen molar-refractivity contribution in [1.29, 1.82) is 0 Å². The van der Waals surface area contributed by atoms with E-state index in [-0.39, 0.29) is 12.9 Å². The highest BCUT2D eigenvalue weighted by Gasteiger charge is 2.41. The Labute approximate surface area is 139 Å². The molecule has 0 unspecified atom stereocenters. The average molecular weight is 362 g/mol. The van der Waals surface area contributed by atoms with Gasteiger partial charge in [0, 0.05) is 11.1 Å². The van der Waals surface area contributed by atoms with Crippen LogP contribution in [0.3, 0.4) is 0 Å². The fourth-order valence-electron chi connectivity index (χ4n) is 2.33. The first-order chi connectivity index (χ1) is 11.6. The molecule has 0 heterocycles. The van der Waals surface area contributed by atoms with E-state index in [9.17, 15) is 31.1 Å². The van der Waals surface area contributed by atoms with E-state index >= 15 is 0 Å². The van der Waals surface area contributed by atoms with Crippen LogP contribution in [0.5, 0.6) is 5.75 Å². The molecule has 0 saturated carbocycles. The van der Waals surface area contributed by atoms with Gasteiger partial charge in [0.15, 0.2) is 6.29 Å². The standard InChI is InChI=1S/C17H12F6O2/c18-16(19,20)8-13-14(25-10-11-4-2-1-3-5-11)7-6-12(9-24)15(13)17(21,22)23/h1-7,9H,8,10H2. The molecule has 2 nitrogen and oxygen atoms in total. The number of benzene rings is 2. The monoisotopic (exact) mass is 362 g/mol. The SMILES string of the molecule is O=Cc1ccc(OCc2ccccc2)c(CC(F)(F)F)c1C(F)(F)F. The summed E-state index contributed by atoms with van der Waals surface area (Å²) in [5.74, 6) is -0.556. The molecule has 25 heavy (non-hydrogen) atoms. The maximum absolute atomic E-state index is 13.2. The second-order valence-electron chi connectivity index (χ2n) is 5.19. The number of aldehydes is 1. The van der Waals surface area contributed by atoms with Gasteiger partial charge in [-0.2, -0.15) is 26.3 Å². The molecular formula is C17H12F6O2. The number of hydrogen-bond donors (Lipinski definition) is 0. The fraction of sp³-hybridized carbons (Fsp3) is 0.235. The van der Waals surface area contributed by atoms with Crippen molar-refractivity contribution in [3.8, 4) is 5.75 Å². The molecule has 0 saturated heterocycles. The van der Waals surface area contributed by atoms with Crippen molar-refractivity contribution in [1.82, 2.24) is 0 Å². The molecule has 0 aliphatic rings. The minimum atomic E-state index is -5.12. The van der Waals surface area contributed by atoms with Crippen molar-refractivity contribution in [2.24, 2.45) is 0 Å². The molecule has 0 N–H and O–H groups in total. The topological polar surface area (TPSA) is 26.3 Å². The van der Waals surface area contributed by atoms with Gasteiger partial charge in [-0.1, -0.05) is 30.3 Å². The molecule has 0 atom stereocenters. The van der Waals surface area contributed by atoms with Crippen molar-refractivity contribution in [3.63, 3.8) is 0 Å². The highest BCUT2D eigenvalue weighted by molar-refractivity contribution is 5.79. The molecule has 2 aromatic rings. The predicted molar refractivity (Wildman–Crippen MR) is 77.4 cm³/mol. The highest BCUT2D eigenvalue weighted by atomic mass is 19.4. The maximum atomic E-state index is 13.2. The van der Waals surface area contributed by atoms with Gasteiger partial charge >= 0.3 is 12.4 Å². The molecule has 134 valence electrons. The van der Waals surface area contributed by atoms with Crippen LogP contribution in [-0.4, -0.2) is 12.5 Å². The Morgan fingerprint density at radius 1 is 0.920 bits per heavy atom. The average Bonchev–Trinajstić information content (AvgIpc) is 2.51. The van der Waals surface area contributed by atoms with Crippen LogP contribution in [0.4, 0.5) is 26.3 Å². The van der Waals surface area contributed by atoms with Gasteiger partial charge in [0.2, 0.25) is 0 Å². The summed E-state index contributed by atoms with van der Waals surface area (Å²) in [6.07, 6.45) is -12.0. The predicted octanol–water partition coefficient (Wildman–Crippen LogP) is 5.20. The number of alkyl halides is 6. The zero-order chi connectivity index (χ0) is 18.7. The second kappa shape index (κ2) is 7.16. The largest absolute Gasteiger partial charge is 0.489 e. The molecule has 2 aromatic carbocycles. The van der Waals surface area contributed by atoms with E-state index in [1.807, 2.05) is 0 Å². The van der Waals surface area contributed by atoms with E-state index < -0.39 is 41.2 Å². The lowest BCUT2D eigenvalue weighted by molar-refractivity contribution is -0.143. The Bertz CT molecular complexity index is 735. The third-order valence-corrected chi connectivity index (χ3v) is 3.33. The van der Waals surface area contributed by atoms with Crippen molar-refractivity contribution in [2.45, 2.75) is 25.4 Å². The summed E-state index contributed by atoms with van der Waals surface area (Å²) in [7, 11) is 0. The molecular weight excluding hydrogens is 350 g/mol. The van der Waals surface area contributed by atoms with E-state index in [0.717, 1.165) is 12.1 Å². The van der Waals surface area contributed by atoms with Gasteiger partial charge in [0.05, 0.1) is 12.0 Å². The Kier molecular flexibility index (Phi) is 5.39. The Hall–Kier alpha value is -2.51. The van der Waals surface area contributed by atoms with E-state index in [1.165, 1.54) is 0 Å². The molecule has 0 radical (unpaired) electrons. The van der Waals surface area contributed by atoms with Gasteiger partial charge in [-0.25, -0.2) is 0 Å². The zero-order valence-corrected chi connectivity index (χ0v) is 12.6. The van der Waals surface area contributed by atoms with Gasteiger partial charge < -0.3 is 4.74 Å².